The second-order valence-electron chi connectivity index (χ2n) is 4.16. The van der Waals surface area contributed by atoms with E-state index in [1.54, 1.807) is 6.92 Å². The molecule has 0 spiro atoms. The summed E-state index contributed by atoms with van der Waals surface area (Å²) in [5.41, 5.74) is 2.12. The van der Waals surface area contributed by atoms with Gasteiger partial charge in [-0.25, -0.2) is 0 Å². The molecule has 122 valence electrons. The van der Waals surface area contributed by atoms with E-state index in [1.807, 2.05) is 39.0 Å². The Morgan fingerprint density at radius 3 is 2.19 bits per heavy atom. The Balaban J connectivity index is 0. The SMILES string of the molecule is CC.CCCCC(F)(F)F.Cc1ccc(Cl)cc1CC=O. The summed E-state index contributed by atoms with van der Waals surface area (Å²) in [6.45, 7) is 7.71. The number of carbonyl (C=O) groups is 1. The van der Waals surface area contributed by atoms with Crippen molar-refractivity contribution >= 4 is 17.9 Å². The average molecular weight is 325 g/mol. The fourth-order valence-corrected chi connectivity index (χ4v) is 1.52. The molecular weight excluding hydrogens is 301 g/mol. The molecule has 1 nitrogen and oxygen atoms in total. The number of halogens is 4. The molecule has 0 aliphatic heterocycles. The third-order valence-electron chi connectivity index (χ3n) is 2.43. The minimum absolute atomic E-state index is 0.253. The number of benzene rings is 1. The first-order valence-corrected chi connectivity index (χ1v) is 7.43. The van der Waals surface area contributed by atoms with E-state index < -0.39 is 12.6 Å². The zero-order chi connectivity index (χ0) is 16.9. The van der Waals surface area contributed by atoms with Gasteiger partial charge < -0.3 is 4.79 Å². The van der Waals surface area contributed by atoms with Gasteiger partial charge in [0.15, 0.2) is 0 Å². The minimum atomic E-state index is -3.95. The van der Waals surface area contributed by atoms with Crippen LogP contribution < -0.4 is 0 Å². The van der Waals surface area contributed by atoms with Gasteiger partial charge in [0.1, 0.15) is 6.29 Å². The third kappa shape index (κ3) is 13.7. The van der Waals surface area contributed by atoms with E-state index in [4.69, 9.17) is 11.6 Å². The van der Waals surface area contributed by atoms with Crippen LogP contribution in [0.3, 0.4) is 0 Å². The number of hydrogen-bond acceptors (Lipinski definition) is 1. The molecule has 0 saturated carbocycles. The van der Waals surface area contributed by atoms with E-state index in [-0.39, 0.29) is 6.42 Å². The lowest BCUT2D eigenvalue weighted by Crippen LogP contribution is -2.05. The highest BCUT2D eigenvalue weighted by molar-refractivity contribution is 6.30. The van der Waals surface area contributed by atoms with Crippen LogP contribution in [0, 0.1) is 6.92 Å². The number of rotatable bonds is 4. The van der Waals surface area contributed by atoms with Gasteiger partial charge in [-0.2, -0.15) is 13.2 Å². The van der Waals surface area contributed by atoms with Gasteiger partial charge >= 0.3 is 6.18 Å². The first kappa shape index (κ1) is 22.3. The molecule has 0 aromatic heterocycles. The number of alkyl halides is 3. The Bertz CT molecular complexity index is 390. The van der Waals surface area contributed by atoms with Crippen molar-refractivity contribution in [2.24, 2.45) is 0 Å². The first-order valence-electron chi connectivity index (χ1n) is 7.05. The predicted molar refractivity (Wildman–Crippen MR) is 82.9 cm³/mol. The molecule has 0 fully saturated rings. The topological polar surface area (TPSA) is 17.1 Å². The Morgan fingerprint density at radius 1 is 1.24 bits per heavy atom. The maximum absolute atomic E-state index is 11.2. The van der Waals surface area contributed by atoms with Crippen molar-refractivity contribution in [1.82, 2.24) is 0 Å². The monoisotopic (exact) mass is 324 g/mol. The largest absolute Gasteiger partial charge is 0.389 e. The molecule has 1 aromatic carbocycles. The summed E-state index contributed by atoms with van der Waals surface area (Å²) in [4.78, 5) is 10.2. The average Bonchev–Trinajstić information content (AvgIpc) is 2.43. The molecule has 0 saturated heterocycles. The normalized spacial score (nSPS) is 9.90. The molecule has 0 aliphatic rings. The maximum Gasteiger partial charge on any atom is 0.389 e. The van der Waals surface area contributed by atoms with Crippen molar-refractivity contribution in [3.8, 4) is 0 Å². The lowest BCUT2D eigenvalue weighted by molar-refractivity contribution is -0.135. The number of unbranched alkanes of at least 4 members (excludes halogenated alkanes) is 1. The molecule has 0 unspecified atom stereocenters. The number of aldehydes is 1. The minimum Gasteiger partial charge on any atom is -0.303 e. The molecule has 0 heterocycles. The fraction of sp³-hybridized carbons (Fsp3) is 0.562. The van der Waals surface area contributed by atoms with Gasteiger partial charge in [-0.3, -0.25) is 0 Å². The fourth-order valence-electron chi connectivity index (χ4n) is 1.33. The van der Waals surface area contributed by atoms with Gasteiger partial charge in [0.05, 0.1) is 0 Å². The summed E-state index contributed by atoms with van der Waals surface area (Å²) in [6.07, 6.45) is -2.38. The highest BCUT2D eigenvalue weighted by Crippen LogP contribution is 2.21. The van der Waals surface area contributed by atoms with Crippen LogP contribution in [0.2, 0.25) is 5.02 Å². The Morgan fingerprint density at radius 2 is 1.81 bits per heavy atom. The van der Waals surface area contributed by atoms with Gasteiger partial charge in [-0.1, -0.05) is 44.9 Å². The second-order valence-corrected chi connectivity index (χ2v) is 4.60. The smallest absolute Gasteiger partial charge is 0.303 e. The van der Waals surface area contributed by atoms with Gasteiger partial charge in [0.25, 0.3) is 0 Å². The van der Waals surface area contributed by atoms with E-state index in [0.29, 0.717) is 17.9 Å². The standard InChI is InChI=1S/C9H9ClO.C5H9F3.C2H6/c1-7-2-3-9(10)6-8(7)4-5-11;1-2-3-4-5(6,7)8;1-2/h2-3,5-6H,4H2,1H3;2-4H2,1H3;1-2H3. The van der Waals surface area contributed by atoms with E-state index in [1.165, 1.54) is 0 Å². The summed E-state index contributed by atoms with van der Waals surface area (Å²) in [6, 6.07) is 5.57. The van der Waals surface area contributed by atoms with Crippen molar-refractivity contribution in [3.05, 3.63) is 34.3 Å². The van der Waals surface area contributed by atoms with Crippen LogP contribution >= 0.6 is 11.6 Å². The predicted octanol–water partition coefficient (Wildman–Crippen LogP) is 6.15. The number of hydrogen-bond donors (Lipinski definition) is 0. The number of carbonyl (C=O) groups excluding carboxylic acids is 1. The van der Waals surface area contributed by atoms with Crippen LogP contribution in [0.25, 0.3) is 0 Å². The van der Waals surface area contributed by atoms with E-state index >= 15 is 0 Å². The van der Waals surface area contributed by atoms with Crippen LogP contribution in [-0.2, 0) is 11.2 Å². The molecule has 1 rings (SSSR count). The summed E-state index contributed by atoms with van der Waals surface area (Å²) in [5, 5.41) is 0.687. The summed E-state index contributed by atoms with van der Waals surface area (Å²) in [5.74, 6) is 0. The Labute approximate surface area is 130 Å². The van der Waals surface area contributed by atoms with Crippen molar-refractivity contribution in [3.63, 3.8) is 0 Å². The number of aryl methyl sites for hydroxylation is 1. The molecule has 0 radical (unpaired) electrons. The third-order valence-corrected chi connectivity index (χ3v) is 2.66. The van der Waals surface area contributed by atoms with Crippen molar-refractivity contribution in [2.75, 3.05) is 0 Å². The Kier molecular flexibility index (Phi) is 13.4. The van der Waals surface area contributed by atoms with Crippen LogP contribution in [0.4, 0.5) is 13.2 Å². The van der Waals surface area contributed by atoms with Gasteiger partial charge in [0, 0.05) is 17.9 Å². The first-order chi connectivity index (χ1) is 9.80. The lowest BCUT2D eigenvalue weighted by Gasteiger charge is -2.02. The van der Waals surface area contributed by atoms with Crippen LogP contribution in [-0.4, -0.2) is 12.5 Å². The molecule has 1 aromatic rings. The van der Waals surface area contributed by atoms with Gasteiger partial charge in [-0.15, -0.1) is 0 Å². The molecule has 0 atom stereocenters. The Hall–Kier alpha value is -1.03. The molecule has 0 amide bonds. The van der Waals surface area contributed by atoms with Crippen LogP contribution in [0.15, 0.2) is 18.2 Å². The van der Waals surface area contributed by atoms with Gasteiger partial charge in [0.2, 0.25) is 0 Å². The molecular formula is C16H24ClF3O. The van der Waals surface area contributed by atoms with Crippen LogP contribution in [0.5, 0.6) is 0 Å². The zero-order valence-electron chi connectivity index (χ0n) is 13.1. The summed E-state index contributed by atoms with van der Waals surface area (Å²) >= 11 is 5.74. The van der Waals surface area contributed by atoms with E-state index in [0.717, 1.165) is 17.4 Å². The quantitative estimate of drug-likeness (QED) is 0.606. The zero-order valence-corrected chi connectivity index (χ0v) is 13.8. The highest BCUT2D eigenvalue weighted by atomic mass is 35.5. The summed E-state index contributed by atoms with van der Waals surface area (Å²) < 4.78 is 33.7. The maximum atomic E-state index is 11.2. The van der Waals surface area contributed by atoms with Crippen molar-refractivity contribution in [1.29, 1.82) is 0 Å². The van der Waals surface area contributed by atoms with Crippen molar-refractivity contribution in [2.45, 2.75) is 59.6 Å². The van der Waals surface area contributed by atoms with Crippen LogP contribution in [0.1, 0.15) is 51.2 Å². The molecule has 0 N–H and O–H groups in total. The highest BCUT2D eigenvalue weighted by Gasteiger charge is 2.25. The molecule has 0 bridgehead atoms. The summed E-state index contributed by atoms with van der Waals surface area (Å²) in [7, 11) is 0. The van der Waals surface area contributed by atoms with E-state index in [2.05, 4.69) is 0 Å². The lowest BCUT2D eigenvalue weighted by atomic mass is 10.1. The van der Waals surface area contributed by atoms with Crippen molar-refractivity contribution < 1.29 is 18.0 Å². The molecule has 5 heteroatoms. The molecule has 0 aliphatic carbocycles. The van der Waals surface area contributed by atoms with E-state index in [9.17, 15) is 18.0 Å². The second kappa shape index (κ2) is 12.7. The molecule has 21 heavy (non-hydrogen) atoms. The van der Waals surface area contributed by atoms with Gasteiger partial charge in [-0.05, 0) is 36.6 Å².